The number of nitriles is 1. The highest BCUT2D eigenvalue weighted by Crippen LogP contribution is 2.10. The average molecular weight is 248 g/mol. The number of rotatable bonds is 6. The number of hydrogen-bond acceptors (Lipinski definition) is 5. The lowest BCUT2D eigenvalue weighted by Gasteiger charge is -2.18. The lowest BCUT2D eigenvalue weighted by Crippen LogP contribution is -2.36. The van der Waals surface area contributed by atoms with E-state index < -0.39 is 0 Å². The van der Waals surface area contributed by atoms with Crippen LogP contribution >= 0.6 is 0 Å². The summed E-state index contributed by atoms with van der Waals surface area (Å²) in [7, 11) is 3.37. The van der Waals surface area contributed by atoms with Gasteiger partial charge in [0.2, 0.25) is 5.91 Å². The van der Waals surface area contributed by atoms with Gasteiger partial charge in [-0.05, 0) is 12.1 Å². The number of likely N-dealkylation sites (N-methyl/N-ethyl adjacent to an activating group) is 1. The molecule has 96 valence electrons. The van der Waals surface area contributed by atoms with Gasteiger partial charge in [-0.15, -0.1) is 0 Å². The SMILES string of the molecule is COCCNC(=O)CN(C)c1ccc(C#N)nc1. The van der Waals surface area contributed by atoms with Crippen LogP contribution in [0.1, 0.15) is 5.69 Å². The molecule has 18 heavy (non-hydrogen) atoms. The summed E-state index contributed by atoms with van der Waals surface area (Å²) in [6, 6.07) is 5.32. The Kier molecular flexibility index (Phi) is 5.61. The Balaban J connectivity index is 2.46. The molecule has 0 saturated carbocycles. The third-order valence-corrected chi connectivity index (χ3v) is 2.31. The molecule has 0 aliphatic rings. The Morgan fingerprint density at radius 3 is 2.94 bits per heavy atom. The van der Waals surface area contributed by atoms with Crippen molar-refractivity contribution in [3.8, 4) is 6.07 Å². The van der Waals surface area contributed by atoms with Crippen molar-refractivity contribution in [2.45, 2.75) is 0 Å². The number of carbonyl (C=O) groups is 1. The molecular weight excluding hydrogens is 232 g/mol. The molecule has 0 unspecified atom stereocenters. The molecule has 1 amide bonds. The number of carbonyl (C=O) groups excluding carboxylic acids is 1. The van der Waals surface area contributed by atoms with E-state index >= 15 is 0 Å². The lowest BCUT2D eigenvalue weighted by atomic mass is 10.3. The third kappa shape index (κ3) is 4.39. The maximum Gasteiger partial charge on any atom is 0.239 e. The summed E-state index contributed by atoms with van der Waals surface area (Å²) < 4.78 is 4.84. The Labute approximate surface area is 106 Å². The first-order valence-corrected chi connectivity index (χ1v) is 5.50. The smallest absolute Gasteiger partial charge is 0.239 e. The fourth-order valence-electron chi connectivity index (χ4n) is 1.33. The Morgan fingerprint density at radius 1 is 1.61 bits per heavy atom. The maximum atomic E-state index is 11.5. The number of ether oxygens (including phenoxy) is 1. The molecule has 0 saturated heterocycles. The average Bonchev–Trinajstić information content (AvgIpc) is 2.39. The van der Waals surface area contributed by atoms with E-state index in [2.05, 4.69) is 10.3 Å². The highest BCUT2D eigenvalue weighted by molar-refractivity contribution is 5.81. The van der Waals surface area contributed by atoms with Crippen molar-refractivity contribution in [3.05, 3.63) is 24.0 Å². The number of aromatic nitrogens is 1. The summed E-state index contributed by atoms with van der Waals surface area (Å²) in [5.41, 5.74) is 1.15. The fourth-order valence-corrected chi connectivity index (χ4v) is 1.33. The van der Waals surface area contributed by atoms with Gasteiger partial charge in [0.1, 0.15) is 11.8 Å². The van der Waals surface area contributed by atoms with Crippen LogP contribution in [-0.4, -0.2) is 44.7 Å². The van der Waals surface area contributed by atoms with Gasteiger partial charge in [0.15, 0.2) is 0 Å². The molecular formula is C12H16N4O2. The van der Waals surface area contributed by atoms with Crippen molar-refractivity contribution < 1.29 is 9.53 Å². The summed E-state index contributed by atoms with van der Waals surface area (Å²) in [5.74, 6) is -0.0843. The van der Waals surface area contributed by atoms with E-state index in [0.29, 0.717) is 18.8 Å². The molecule has 0 bridgehead atoms. The van der Waals surface area contributed by atoms with E-state index in [1.807, 2.05) is 6.07 Å². The van der Waals surface area contributed by atoms with Gasteiger partial charge in [-0.3, -0.25) is 4.79 Å². The molecule has 1 N–H and O–H groups in total. The van der Waals surface area contributed by atoms with Gasteiger partial charge in [-0.25, -0.2) is 4.98 Å². The van der Waals surface area contributed by atoms with Crippen molar-refractivity contribution in [2.75, 3.05) is 38.8 Å². The van der Waals surface area contributed by atoms with Crippen LogP contribution < -0.4 is 10.2 Å². The first-order chi connectivity index (χ1) is 8.67. The standard InChI is InChI=1S/C12H16N4O2/c1-16(9-12(17)14-5-6-18-2)11-4-3-10(7-13)15-8-11/h3-4,8H,5-6,9H2,1-2H3,(H,14,17). The largest absolute Gasteiger partial charge is 0.383 e. The van der Waals surface area contributed by atoms with E-state index in [1.165, 1.54) is 0 Å². The highest BCUT2D eigenvalue weighted by Gasteiger charge is 2.07. The van der Waals surface area contributed by atoms with Crippen molar-refractivity contribution in [1.29, 1.82) is 5.26 Å². The summed E-state index contributed by atoms with van der Waals surface area (Å²) in [4.78, 5) is 17.3. The van der Waals surface area contributed by atoms with Crippen molar-refractivity contribution in [1.82, 2.24) is 10.3 Å². The number of anilines is 1. The number of methoxy groups -OCH3 is 1. The molecule has 0 fully saturated rings. The Morgan fingerprint density at radius 2 is 2.39 bits per heavy atom. The van der Waals surface area contributed by atoms with Crippen LogP contribution in [0.15, 0.2) is 18.3 Å². The van der Waals surface area contributed by atoms with Crippen molar-refractivity contribution >= 4 is 11.6 Å². The summed E-state index contributed by atoms with van der Waals surface area (Å²) in [5, 5.41) is 11.4. The van der Waals surface area contributed by atoms with Crippen molar-refractivity contribution in [2.24, 2.45) is 0 Å². The molecule has 0 atom stereocenters. The molecule has 0 aromatic carbocycles. The second kappa shape index (κ2) is 7.25. The quantitative estimate of drug-likeness (QED) is 0.725. The van der Waals surface area contributed by atoms with E-state index in [0.717, 1.165) is 5.69 Å². The van der Waals surface area contributed by atoms with E-state index in [9.17, 15) is 4.79 Å². The number of amides is 1. The van der Waals surface area contributed by atoms with Gasteiger partial charge in [0.05, 0.1) is 25.0 Å². The Hall–Kier alpha value is -2.13. The summed E-state index contributed by atoms with van der Waals surface area (Å²) >= 11 is 0. The zero-order chi connectivity index (χ0) is 13.4. The highest BCUT2D eigenvalue weighted by atomic mass is 16.5. The minimum Gasteiger partial charge on any atom is -0.383 e. The van der Waals surface area contributed by atoms with Gasteiger partial charge >= 0.3 is 0 Å². The fraction of sp³-hybridized carbons (Fsp3) is 0.417. The molecule has 1 aromatic rings. The zero-order valence-electron chi connectivity index (χ0n) is 10.5. The molecule has 0 aliphatic carbocycles. The lowest BCUT2D eigenvalue weighted by molar-refractivity contribution is -0.119. The molecule has 1 heterocycles. The topological polar surface area (TPSA) is 78.2 Å². The number of nitrogens with one attached hydrogen (secondary N) is 1. The first-order valence-electron chi connectivity index (χ1n) is 5.50. The van der Waals surface area contributed by atoms with Crippen LogP contribution in [0.5, 0.6) is 0 Å². The predicted molar refractivity (Wildman–Crippen MR) is 67.1 cm³/mol. The summed E-state index contributed by atoms with van der Waals surface area (Å²) in [6.07, 6.45) is 1.57. The molecule has 6 heteroatoms. The first kappa shape index (κ1) is 13.9. The van der Waals surface area contributed by atoms with E-state index in [4.69, 9.17) is 10.00 Å². The van der Waals surface area contributed by atoms with Gasteiger partial charge < -0.3 is 15.0 Å². The number of pyridine rings is 1. The van der Waals surface area contributed by atoms with Crippen LogP contribution in [0.25, 0.3) is 0 Å². The second-order valence-corrected chi connectivity index (χ2v) is 3.71. The molecule has 1 rings (SSSR count). The van der Waals surface area contributed by atoms with Gasteiger partial charge in [-0.2, -0.15) is 5.26 Å². The van der Waals surface area contributed by atoms with Gasteiger partial charge in [0.25, 0.3) is 0 Å². The normalized spacial score (nSPS) is 9.61. The van der Waals surface area contributed by atoms with Crippen LogP contribution in [0, 0.1) is 11.3 Å². The number of hydrogen-bond donors (Lipinski definition) is 1. The molecule has 6 nitrogen and oxygen atoms in total. The number of nitrogens with zero attached hydrogens (tertiary/aromatic N) is 3. The minimum atomic E-state index is -0.0843. The zero-order valence-corrected chi connectivity index (χ0v) is 10.5. The molecule has 0 radical (unpaired) electrons. The summed E-state index contributed by atoms with van der Waals surface area (Å²) in [6.45, 7) is 1.22. The maximum absolute atomic E-state index is 11.5. The molecule has 1 aromatic heterocycles. The van der Waals surface area contributed by atoms with E-state index in [1.54, 1.807) is 37.4 Å². The van der Waals surface area contributed by atoms with Crippen LogP contribution in [0.3, 0.4) is 0 Å². The van der Waals surface area contributed by atoms with Gasteiger partial charge in [0, 0.05) is 20.7 Å². The van der Waals surface area contributed by atoms with Crippen LogP contribution in [0.4, 0.5) is 5.69 Å². The van der Waals surface area contributed by atoms with Crippen molar-refractivity contribution in [3.63, 3.8) is 0 Å². The third-order valence-electron chi connectivity index (χ3n) is 2.31. The predicted octanol–water partition coefficient (Wildman–Crippen LogP) is 0.152. The minimum absolute atomic E-state index is 0.0843. The second-order valence-electron chi connectivity index (χ2n) is 3.71. The van der Waals surface area contributed by atoms with Crippen LogP contribution in [0.2, 0.25) is 0 Å². The molecule has 0 aliphatic heterocycles. The van der Waals surface area contributed by atoms with Gasteiger partial charge in [-0.1, -0.05) is 0 Å². The monoisotopic (exact) mass is 248 g/mol. The Bertz CT molecular complexity index is 425. The van der Waals surface area contributed by atoms with Crippen LogP contribution in [-0.2, 0) is 9.53 Å². The van der Waals surface area contributed by atoms with E-state index in [-0.39, 0.29) is 12.5 Å². The molecule has 0 spiro atoms.